The molecule has 3 heteroatoms. The van der Waals surface area contributed by atoms with E-state index < -0.39 is 0 Å². The lowest BCUT2D eigenvalue weighted by Crippen LogP contribution is -2.11. The van der Waals surface area contributed by atoms with Crippen molar-refractivity contribution in [1.82, 2.24) is 4.90 Å². The van der Waals surface area contributed by atoms with Crippen LogP contribution in [0.15, 0.2) is 18.2 Å². The molecule has 0 aliphatic carbocycles. The Hall–Kier alpha value is -1.69. The summed E-state index contributed by atoms with van der Waals surface area (Å²) < 4.78 is 5.35. The average Bonchev–Trinajstić information content (AvgIpc) is 2.29. The highest BCUT2D eigenvalue weighted by molar-refractivity contribution is 5.38. The summed E-state index contributed by atoms with van der Waals surface area (Å²) in [4.78, 5) is 1.58. The largest absolute Gasteiger partial charge is 0.496 e. The molecule has 16 heavy (non-hydrogen) atoms. The lowest BCUT2D eigenvalue weighted by atomic mass is 10.0. The molecule has 0 aliphatic rings. The number of hydrogen-bond donors (Lipinski definition) is 0. The molecule has 0 radical (unpaired) electrons. The van der Waals surface area contributed by atoms with Gasteiger partial charge in [-0.1, -0.05) is 26.0 Å². The Morgan fingerprint density at radius 1 is 1.44 bits per heavy atom. The second-order valence-corrected chi connectivity index (χ2v) is 4.18. The zero-order chi connectivity index (χ0) is 12.1. The van der Waals surface area contributed by atoms with Gasteiger partial charge in [-0.05, 0) is 17.5 Å². The molecule has 1 aromatic carbocycles. The molecule has 3 nitrogen and oxygen atoms in total. The van der Waals surface area contributed by atoms with Gasteiger partial charge in [0.15, 0.2) is 6.19 Å². The normalized spacial score (nSPS) is 10.0. The molecule has 86 valence electrons. The quantitative estimate of drug-likeness (QED) is 0.576. The van der Waals surface area contributed by atoms with Gasteiger partial charge in [0.2, 0.25) is 0 Å². The van der Waals surface area contributed by atoms with Gasteiger partial charge in [0.05, 0.1) is 13.7 Å². The standard InChI is InChI=1S/C13H18N2O/c1-10(2)11-5-6-12(8-15(3)9-14)13(7-11)16-4/h5-7,10H,8H2,1-4H3. The maximum Gasteiger partial charge on any atom is 0.179 e. The molecule has 0 atom stereocenters. The van der Waals surface area contributed by atoms with Gasteiger partial charge in [0.25, 0.3) is 0 Å². The molecule has 0 amide bonds. The van der Waals surface area contributed by atoms with E-state index in [4.69, 9.17) is 10.00 Å². The molecular formula is C13H18N2O. The van der Waals surface area contributed by atoms with Crippen LogP contribution in [-0.2, 0) is 6.54 Å². The topological polar surface area (TPSA) is 36.3 Å². The van der Waals surface area contributed by atoms with Gasteiger partial charge in [0, 0.05) is 12.6 Å². The smallest absolute Gasteiger partial charge is 0.179 e. The Balaban J connectivity index is 2.98. The van der Waals surface area contributed by atoms with Crippen molar-refractivity contribution < 1.29 is 4.74 Å². The van der Waals surface area contributed by atoms with Gasteiger partial charge < -0.3 is 9.64 Å². The minimum Gasteiger partial charge on any atom is -0.496 e. The summed E-state index contributed by atoms with van der Waals surface area (Å²) in [7, 11) is 3.42. The van der Waals surface area contributed by atoms with Gasteiger partial charge in [-0.3, -0.25) is 0 Å². The summed E-state index contributed by atoms with van der Waals surface area (Å²) in [5.41, 5.74) is 2.29. The Morgan fingerprint density at radius 3 is 2.62 bits per heavy atom. The number of methoxy groups -OCH3 is 1. The van der Waals surface area contributed by atoms with Crippen LogP contribution in [-0.4, -0.2) is 19.1 Å². The van der Waals surface area contributed by atoms with Crippen molar-refractivity contribution in [3.8, 4) is 11.9 Å². The van der Waals surface area contributed by atoms with Gasteiger partial charge in [0.1, 0.15) is 5.75 Å². The second-order valence-electron chi connectivity index (χ2n) is 4.18. The van der Waals surface area contributed by atoms with E-state index in [0.29, 0.717) is 12.5 Å². The van der Waals surface area contributed by atoms with Crippen LogP contribution in [0.2, 0.25) is 0 Å². The van der Waals surface area contributed by atoms with Crippen LogP contribution in [0, 0.1) is 11.5 Å². The van der Waals surface area contributed by atoms with Crippen LogP contribution in [0.4, 0.5) is 0 Å². The Labute approximate surface area is 97.3 Å². The highest BCUT2D eigenvalue weighted by Gasteiger charge is 2.08. The predicted octanol–water partition coefficient (Wildman–Crippen LogP) is 2.73. The maximum atomic E-state index is 8.74. The molecule has 0 unspecified atom stereocenters. The van der Waals surface area contributed by atoms with Crippen molar-refractivity contribution in [2.75, 3.05) is 14.2 Å². The Morgan fingerprint density at radius 2 is 2.12 bits per heavy atom. The lowest BCUT2D eigenvalue weighted by Gasteiger charge is -2.15. The first-order valence-electron chi connectivity index (χ1n) is 5.36. The summed E-state index contributed by atoms with van der Waals surface area (Å²) in [6.07, 6.45) is 2.08. The summed E-state index contributed by atoms with van der Waals surface area (Å²) in [5, 5.41) is 8.74. The molecule has 1 aromatic rings. The summed E-state index contributed by atoms with van der Waals surface area (Å²) >= 11 is 0. The lowest BCUT2D eigenvalue weighted by molar-refractivity contribution is 0.393. The predicted molar refractivity (Wildman–Crippen MR) is 64.2 cm³/mol. The third-order valence-electron chi connectivity index (χ3n) is 2.56. The molecule has 0 spiro atoms. The van der Waals surface area contributed by atoms with Gasteiger partial charge in [-0.25, -0.2) is 0 Å². The molecule has 0 saturated heterocycles. The van der Waals surface area contributed by atoms with Crippen molar-refractivity contribution in [2.45, 2.75) is 26.3 Å². The molecular weight excluding hydrogens is 200 g/mol. The van der Waals surface area contributed by atoms with Gasteiger partial charge in [-0.15, -0.1) is 0 Å². The minimum atomic E-state index is 0.483. The highest BCUT2D eigenvalue weighted by Crippen LogP contribution is 2.25. The van der Waals surface area contributed by atoms with Crippen LogP contribution in [0.25, 0.3) is 0 Å². The summed E-state index contributed by atoms with van der Waals surface area (Å²) in [6, 6.07) is 6.17. The molecule has 0 heterocycles. The van der Waals surface area contributed by atoms with E-state index in [1.807, 2.05) is 12.1 Å². The van der Waals surface area contributed by atoms with Crippen molar-refractivity contribution in [3.63, 3.8) is 0 Å². The maximum absolute atomic E-state index is 8.74. The first-order valence-corrected chi connectivity index (χ1v) is 5.36. The van der Waals surface area contributed by atoms with E-state index in [1.165, 1.54) is 5.56 Å². The van der Waals surface area contributed by atoms with E-state index in [2.05, 4.69) is 26.1 Å². The number of nitriles is 1. The van der Waals surface area contributed by atoms with Crippen molar-refractivity contribution in [1.29, 1.82) is 5.26 Å². The SMILES string of the molecule is COc1cc(C(C)C)ccc1CN(C)C#N. The third-order valence-corrected chi connectivity index (χ3v) is 2.56. The highest BCUT2D eigenvalue weighted by atomic mass is 16.5. The average molecular weight is 218 g/mol. The van der Waals surface area contributed by atoms with Crippen LogP contribution in [0.3, 0.4) is 0 Å². The fourth-order valence-corrected chi connectivity index (χ4v) is 1.54. The number of benzene rings is 1. The number of hydrogen-bond acceptors (Lipinski definition) is 3. The number of nitrogens with zero attached hydrogens (tertiary/aromatic N) is 2. The van der Waals surface area contributed by atoms with Crippen molar-refractivity contribution >= 4 is 0 Å². The zero-order valence-electron chi connectivity index (χ0n) is 10.3. The van der Waals surface area contributed by atoms with Gasteiger partial charge in [-0.2, -0.15) is 5.26 Å². The molecule has 0 saturated carbocycles. The minimum absolute atomic E-state index is 0.483. The molecule has 0 N–H and O–H groups in total. The molecule has 0 aliphatic heterocycles. The van der Waals surface area contributed by atoms with Crippen LogP contribution >= 0.6 is 0 Å². The van der Waals surface area contributed by atoms with Crippen LogP contribution in [0.1, 0.15) is 30.9 Å². The molecule has 1 rings (SSSR count). The van der Waals surface area contributed by atoms with E-state index in [-0.39, 0.29) is 0 Å². The molecule has 0 aromatic heterocycles. The summed E-state index contributed by atoms with van der Waals surface area (Å²) in [6.45, 7) is 4.88. The van der Waals surface area contributed by atoms with E-state index in [1.54, 1.807) is 19.1 Å². The molecule has 0 fully saturated rings. The first kappa shape index (κ1) is 12.4. The first-order chi connectivity index (χ1) is 7.58. The summed E-state index contributed by atoms with van der Waals surface area (Å²) in [5.74, 6) is 1.34. The number of ether oxygens (including phenoxy) is 1. The van der Waals surface area contributed by atoms with Crippen molar-refractivity contribution in [2.24, 2.45) is 0 Å². The van der Waals surface area contributed by atoms with E-state index >= 15 is 0 Å². The zero-order valence-corrected chi connectivity index (χ0v) is 10.3. The van der Waals surface area contributed by atoms with E-state index in [9.17, 15) is 0 Å². The fraction of sp³-hybridized carbons (Fsp3) is 0.462. The Bertz CT molecular complexity index is 393. The van der Waals surface area contributed by atoms with E-state index in [0.717, 1.165) is 11.3 Å². The van der Waals surface area contributed by atoms with Gasteiger partial charge >= 0.3 is 0 Å². The Kier molecular flexibility index (Phi) is 4.19. The monoisotopic (exact) mass is 218 g/mol. The van der Waals surface area contributed by atoms with Crippen molar-refractivity contribution in [3.05, 3.63) is 29.3 Å². The molecule has 0 bridgehead atoms. The van der Waals surface area contributed by atoms with Crippen LogP contribution < -0.4 is 4.74 Å². The fourth-order valence-electron chi connectivity index (χ4n) is 1.54. The van der Waals surface area contributed by atoms with Crippen LogP contribution in [0.5, 0.6) is 5.75 Å². The second kappa shape index (κ2) is 5.41. The third kappa shape index (κ3) is 2.90. The number of rotatable bonds is 4.